The fourth-order valence-corrected chi connectivity index (χ4v) is 0.573. The molecule has 1 rings (SSSR count). The maximum absolute atomic E-state index is 5.41. The molecule has 0 fully saturated rings. The van der Waals surface area contributed by atoms with Gasteiger partial charge in [-0.05, 0) is 10.4 Å². The molecule has 1 heterocycles. The normalized spacial score (nSPS) is 9.56. The van der Waals surface area contributed by atoms with Crippen molar-refractivity contribution in [3.8, 4) is 0 Å². The van der Waals surface area contributed by atoms with Gasteiger partial charge in [0.15, 0.2) is 0 Å². The SMILES string of the molecule is COn1nnnc1CCl. The van der Waals surface area contributed by atoms with Crippen LogP contribution in [0.25, 0.3) is 0 Å². The Morgan fingerprint density at radius 2 is 2.56 bits per heavy atom. The summed E-state index contributed by atoms with van der Waals surface area (Å²) in [6.07, 6.45) is 0. The highest BCUT2D eigenvalue weighted by Crippen LogP contribution is 1.92. The van der Waals surface area contributed by atoms with Gasteiger partial charge in [-0.15, -0.1) is 16.7 Å². The zero-order chi connectivity index (χ0) is 6.69. The van der Waals surface area contributed by atoms with E-state index in [2.05, 4.69) is 20.4 Å². The molecule has 0 amide bonds. The number of rotatable bonds is 2. The molecule has 6 heteroatoms. The van der Waals surface area contributed by atoms with Gasteiger partial charge in [0.05, 0.1) is 5.88 Å². The number of aromatic nitrogens is 4. The van der Waals surface area contributed by atoms with Crippen molar-refractivity contribution < 1.29 is 4.84 Å². The first kappa shape index (κ1) is 6.28. The van der Waals surface area contributed by atoms with Crippen LogP contribution in [0.3, 0.4) is 0 Å². The first-order chi connectivity index (χ1) is 4.38. The number of alkyl halides is 1. The summed E-state index contributed by atoms with van der Waals surface area (Å²) in [6.45, 7) is 0. The first-order valence-electron chi connectivity index (χ1n) is 2.26. The van der Waals surface area contributed by atoms with E-state index in [4.69, 9.17) is 11.6 Å². The molecular weight excluding hydrogens is 144 g/mol. The van der Waals surface area contributed by atoms with Crippen LogP contribution in [-0.4, -0.2) is 27.5 Å². The quantitative estimate of drug-likeness (QED) is 0.529. The predicted octanol–water partition coefficient (Wildman–Crippen LogP) is -0.530. The number of tetrazole rings is 1. The van der Waals surface area contributed by atoms with Crippen LogP contribution in [0, 0.1) is 0 Å². The summed E-state index contributed by atoms with van der Waals surface area (Å²) in [5, 5.41) is 10.3. The average Bonchev–Trinajstić information content (AvgIpc) is 2.33. The van der Waals surface area contributed by atoms with Crippen LogP contribution in [0.15, 0.2) is 0 Å². The van der Waals surface area contributed by atoms with Gasteiger partial charge >= 0.3 is 0 Å². The second kappa shape index (κ2) is 2.63. The molecular formula is C3H5ClN4O. The fraction of sp³-hybridized carbons (Fsp3) is 0.667. The fourth-order valence-electron chi connectivity index (χ4n) is 0.418. The summed E-state index contributed by atoms with van der Waals surface area (Å²) in [7, 11) is 1.46. The van der Waals surface area contributed by atoms with Crippen LogP contribution >= 0.6 is 11.6 Å². The summed E-state index contributed by atoms with van der Waals surface area (Å²) in [5.74, 6) is 0.750. The molecule has 0 spiro atoms. The van der Waals surface area contributed by atoms with E-state index in [-0.39, 0.29) is 5.88 Å². The lowest BCUT2D eigenvalue weighted by atomic mass is 10.7. The lowest BCUT2D eigenvalue weighted by molar-refractivity contribution is 0.122. The minimum absolute atomic E-state index is 0.251. The van der Waals surface area contributed by atoms with E-state index in [1.165, 1.54) is 7.11 Å². The third-order valence-corrected chi connectivity index (χ3v) is 1.03. The maximum Gasteiger partial charge on any atom is 0.206 e. The standard InChI is InChI=1S/C3H5ClN4O/c1-9-8-3(2-4)5-6-7-8/h2H2,1H3. The van der Waals surface area contributed by atoms with Crippen LogP contribution in [-0.2, 0) is 5.88 Å². The van der Waals surface area contributed by atoms with Crippen molar-refractivity contribution in [1.29, 1.82) is 0 Å². The van der Waals surface area contributed by atoms with Crippen molar-refractivity contribution in [2.45, 2.75) is 5.88 Å². The van der Waals surface area contributed by atoms with Crippen molar-refractivity contribution in [3.63, 3.8) is 0 Å². The van der Waals surface area contributed by atoms with Crippen molar-refractivity contribution >= 4 is 11.6 Å². The molecule has 0 radical (unpaired) electrons. The lowest BCUT2D eigenvalue weighted by Gasteiger charge is -1.95. The Kier molecular flexibility index (Phi) is 1.84. The third kappa shape index (κ3) is 1.10. The van der Waals surface area contributed by atoms with Crippen LogP contribution in [0.5, 0.6) is 0 Å². The monoisotopic (exact) mass is 148 g/mol. The van der Waals surface area contributed by atoms with Gasteiger partial charge in [-0.25, -0.2) is 0 Å². The molecule has 0 unspecified atom stereocenters. The molecule has 0 saturated heterocycles. The largest absolute Gasteiger partial charge is 0.397 e. The lowest BCUT2D eigenvalue weighted by Crippen LogP contribution is -2.10. The molecule has 9 heavy (non-hydrogen) atoms. The van der Waals surface area contributed by atoms with Gasteiger partial charge < -0.3 is 4.84 Å². The molecule has 0 aliphatic rings. The van der Waals surface area contributed by atoms with Crippen molar-refractivity contribution in [1.82, 2.24) is 20.4 Å². The second-order valence-corrected chi connectivity index (χ2v) is 1.55. The highest BCUT2D eigenvalue weighted by atomic mass is 35.5. The summed E-state index contributed by atoms with van der Waals surface area (Å²) < 4.78 is 0. The van der Waals surface area contributed by atoms with E-state index in [1.54, 1.807) is 0 Å². The summed E-state index contributed by atoms with van der Waals surface area (Å²) in [6, 6.07) is 0. The predicted molar refractivity (Wildman–Crippen MR) is 29.9 cm³/mol. The Morgan fingerprint density at radius 3 is 3.00 bits per heavy atom. The topological polar surface area (TPSA) is 52.8 Å². The van der Waals surface area contributed by atoms with Gasteiger partial charge in [0.1, 0.15) is 7.11 Å². The van der Waals surface area contributed by atoms with E-state index in [0.29, 0.717) is 5.82 Å². The number of hydrogen-bond donors (Lipinski definition) is 0. The summed E-state index contributed by atoms with van der Waals surface area (Å²) >= 11 is 5.41. The Balaban J connectivity index is 2.85. The van der Waals surface area contributed by atoms with E-state index >= 15 is 0 Å². The third-order valence-electron chi connectivity index (χ3n) is 0.795. The van der Waals surface area contributed by atoms with Gasteiger partial charge in [0.25, 0.3) is 0 Å². The number of nitrogens with zero attached hydrogens (tertiary/aromatic N) is 4. The second-order valence-electron chi connectivity index (χ2n) is 1.28. The van der Waals surface area contributed by atoms with Crippen molar-refractivity contribution in [2.75, 3.05) is 7.11 Å². The van der Waals surface area contributed by atoms with Gasteiger partial charge in [0, 0.05) is 0 Å². The van der Waals surface area contributed by atoms with Gasteiger partial charge in [-0.3, -0.25) is 0 Å². The first-order valence-corrected chi connectivity index (χ1v) is 2.79. The molecule has 0 atom stereocenters. The van der Waals surface area contributed by atoms with Gasteiger partial charge in [-0.1, -0.05) is 4.85 Å². The molecule has 0 aromatic carbocycles. The molecule has 1 aromatic rings. The van der Waals surface area contributed by atoms with Crippen LogP contribution in [0.4, 0.5) is 0 Å². The minimum atomic E-state index is 0.251. The zero-order valence-electron chi connectivity index (χ0n) is 4.78. The van der Waals surface area contributed by atoms with E-state index in [0.717, 1.165) is 4.85 Å². The maximum atomic E-state index is 5.41. The Hall–Kier alpha value is -0.840. The molecule has 0 aliphatic heterocycles. The Morgan fingerprint density at radius 1 is 1.78 bits per heavy atom. The smallest absolute Gasteiger partial charge is 0.206 e. The molecule has 0 saturated carbocycles. The average molecular weight is 149 g/mol. The summed E-state index contributed by atoms with van der Waals surface area (Å²) in [5.41, 5.74) is 0. The molecule has 5 nitrogen and oxygen atoms in total. The number of hydrogen-bond acceptors (Lipinski definition) is 4. The molecule has 0 aliphatic carbocycles. The molecule has 0 N–H and O–H groups in total. The van der Waals surface area contributed by atoms with Crippen molar-refractivity contribution in [2.24, 2.45) is 0 Å². The van der Waals surface area contributed by atoms with Crippen molar-refractivity contribution in [3.05, 3.63) is 5.82 Å². The van der Waals surface area contributed by atoms with E-state index in [9.17, 15) is 0 Å². The highest BCUT2D eigenvalue weighted by molar-refractivity contribution is 6.16. The van der Waals surface area contributed by atoms with Crippen LogP contribution in [0.1, 0.15) is 5.82 Å². The minimum Gasteiger partial charge on any atom is -0.397 e. The highest BCUT2D eigenvalue weighted by Gasteiger charge is 2.01. The molecule has 50 valence electrons. The Labute approximate surface area is 56.5 Å². The van der Waals surface area contributed by atoms with E-state index in [1.807, 2.05) is 0 Å². The molecule has 0 bridgehead atoms. The van der Waals surface area contributed by atoms with E-state index < -0.39 is 0 Å². The summed E-state index contributed by atoms with van der Waals surface area (Å²) in [4.78, 5) is 5.83. The van der Waals surface area contributed by atoms with Gasteiger partial charge in [0.2, 0.25) is 5.82 Å². The number of halogens is 1. The van der Waals surface area contributed by atoms with Crippen LogP contribution in [0.2, 0.25) is 0 Å². The van der Waals surface area contributed by atoms with Crippen LogP contribution < -0.4 is 4.84 Å². The molecule has 1 aromatic heterocycles. The Bertz CT molecular complexity index is 169. The van der Waals surface area contributed by atoms with Gasteiger partial charge in [-0.2, -0.15) is 0 Å². The zero-order valence-corrected chi connectivity index (χ0v) is 5.54.